The summed E-state index contributed by atoms with van der Waals surface area (Å²) in [6.07, 6.45) is 0. The second-order valence-electron chi connectivity index (χ2n) is 4.13. The molecule has 1 aromatic rings. The normalized spacial score (nSPS) is 13.5. The first-order chi connectivity index (χ1) is 8.34. The van der Waals surface area contributed by atoms with Crippen LogP contribution in [0.2, 0.25) is 0 Å². The Hall–Kier alpha value is -2.08. The molecule has 6 heteroatoms. The third-order valence-corrected chi connectivity index (χ3v) is 2.49. The lowest BCUT2D eigenvalue weighted by atomic mass is 10.1. The molecule has 1 aromatic carbocycles. The third kappa shape index (κ3) is 3.46. The first-order valence-corrected chi connectivity index (χ1v) is 5.37. The molecule has 0 saturated heterocycles. The Bertz CT molecular complexity index is 431. The van der Waals surface area contributed by atoms with E-state index in [0.717, 1.165) is 6.92 Å². The van der Waals surface area contributed by atoms with Crippen LogP contribution in [0.15, 0.2) is 30.3 Å². The highest BCUT2D eigenvalue weighted by Gasteiger charge is 2.30. The molecule has 6 nitrogen and oxygen atoms in total. The number of carboxylic acid groups (broad SMARTS) is 1. The first kappa shape index (κ1) is 14.0. The molecule has 1 unspecified atom stereocenters. The summed E-state index contributed by atoms with van der Waals surface area (Å²) < 4.78 is 0. The van der Waals surface area contributed by atoms with Gasteiger partial charge in [-0.15, -0.1) is 0 Å². The Labute approximate surface area is 105 Å². The average molecular weight is 252 g/mol. The maximum atomic E-state index is 11.7. The molecule has 0 spiro atoms. The van der Waals surface area contributed by atoms with Crippen molar-refractivity contribution >= 4 is 17.7 Å². The minimum Gasteiger partial charge on any atom is -0.479 e. The number of amides is 2. The number of carboxylic acids is 1. The lowest BCUT2D eigenvalue weighted by Gasteiger charge is -2.22. The van der Waals surface area contributed by atoms with E-state index >= 15 is 0 Å². The number of para-hydroxylation sites is 1. The molecule has 0 aliphatic heterocycles. The molecule has 2 amide bonds. The summed E-state index contributed by atoms with van der Waals surface area (Å²) in [6.45, 7) is 0.760. The Balaban J connectivity index is 2.59. The molecule has 0 aromatic heterocycles. The SMILES string of the molecule is CN(C(=O)NCC(C)(O)C(=O)O)c1ccccc1. The fraction of sp³-hybridized carbons (Fsp3) is 0.333. The first-order valence-electron chi connectivity index (χ1n) is 5.37. The van der Waals surface area contributed by atoms with Crippen molar-refractivity contribution in [1.82, 2.24) is 5.32 Å². The number of nitrogens with one attached hydrogen (secondary N) is 1. The maximum absolute atomic E-state index is 11.7. The van der Waals surface area contributed by atoms with Crippen LogP contribution < -0.4 is 10.2 Å². The second kappa shape index (κ2) is 5.50. The third-order valence-electron chi connectivity index (χ3n) is 2.49. The van der Waals surface area contributed by atoms with Gasteiger partial charge in [0.05, 0.1) is 6.54 Å². The summed E-state index contributed by atoms with van der Waals surface area (Å²) in [4.78, 5) is 23.7. The highest BCUT2D eigenvalue weighted by molar-refractivity contribution is 5.91. The molecule has 0 aliphatic carbocycles. The molecule has 0 radical (unpaired) electrons. The monoisotopic (exact) mass is 252 g/mol. The van der Waals surface area contributed by atoms with Gasteiger partial charge < -0.3 is 15.5 Å². The number of nitrogens with zero attached hydrogens (tertiary/aromatic N) is 1. The number of urea groups is 1. The van der Waals surface area contributed by atoms with Gasteiger partial charge in [-0.1, -0.05) is 18.2 Å². The molecule has 18 heavy (non-hydrogen) atoms. The van der Waals surface area contributed by atoms with Crippen LogP contribution in [0.25, 0.3) is 0 Å². The van der Waals surface area contributed by atoms with Crippen LogP contribution in [-0.4, -0.2) is 41.4 Å². The molecule has 0 heterocycles. The average Bonchev–Trinajstić information content (AvgIpc) is 2.36. The zero-order valence-corrected chi connectivity index (χ0v) is 10.3. The molecule has 0 aliphatic rings. The number of aliphatic carboxylic acids is 1. The van der Waals surface area contributed by atoms with Gasteiger partial charge in [0.1, 0.15) is 0 Å². The summed E-state index contributed by atoms with van der Waals surface area (Å²) in [5.41, 5.74) is -1.31. The number of aliphatic hydroxyl groups is 1. The smallest absolute Gasteiger partial charge is 0.337 e. The maximum Gasteiger partial charge on any atom is 0.337 e. The lowest BCUT2D eigenvalue weighted by molar-refractivity contribution is -0.155. The van der Waals surface area contributed by atoms with Crippen molar-refractivity contribution in [1.29, 1.82) is 0 Å². The fourth-order valence-corrected chi connectivity index (χ4v) is 1.21. The summed E-state index contributed by atoms with van der Waals surface area (Å²) in [5.74, 6) is -1.38. The minimum absolute atomic E-state index is 0.363. The van der Waals surface area contributed by atoms with Gasteiger partial charge >= 0.3 is 12.0 Å². The highest BCUT2D eigenvalue weighted by atomic mass is 16.4. The van der Waals surface area contributed by atoms with Crippen molar-refractivity contribution in [2.75, 3.05) is 18.5 Å². The predicted octanol–water partition coefficient (Wildman–Crippen LogP) is 0.668. The largest absolute Gasteiger partial charge is 0.479 e. The van der Waals surface area contributed by atoms with Crippen molar-refractivity contribution in [3.63, 3.8) is 0 Å². The van der Waals surface area contributed by atoms with E-state index in [1.54, 1.807) is 31.3 Å². The van der Waals surface area contributed by atoms with Gasteiger partial charge in [-0.25, -0.2) is 9.59 Å². The van der Waals surface area contributed by atoms with Gasteiger partial charge in [-0.3, -0.25) is 4.90 Å². The minimum atomic E-state index is -1.98. The highest BCUT2D eigenvalue weighted by Crippen LogP contribution is 2.11. The van der Waals surface area contributed by atoms with Crippen LogP contribution in [0.1, 0.15) is 6.92 Å². The van der Waals surface area contributed by atoms with Crippen molar-refractivity contribution in [2.45, 2.75) is 12.5 Å². The van der Waals surface area contributed by atoms with Gasteiger partial charge in [0.2, 0.25) is 0 Å². The molecule has 0 bridgehead atoms. The molecule has 1 atom stereocenters. The van der Waals surface area contributed by atoms with Gasteiger partial charge in [-0.05, 0) is 19.1 Å². The number of anilines is 1. The van der Waals surface area contributed by atoms with E-state index in [1.165, 1.54) is 4.90 Å². The number of carbonyl (C=O) groups is 2. The van der Waals surface area contributed by atoms with Gasteiger partial charge in [0.25, 0.3) is 0 Å². The second-order valence-corrected chi connectivity index (χ2v) is 4.13. The summed E-state index contributed by atoms with van der Waals surface area (Å²) in [7, 11) is 1.56. The number of hydrogen-bond acceptors (Lipinski definition) is 3. The number of hydrogen-bond donors (Lipinski definition) is 3. The van der Waals surface area contributed by atoms with Crippen LogP contribution in [-0.2, 0) is 4.79 Å². The van der Waals surface area contributed by atoms with Crippen LogP contribution in [0.3, 0.4) is 0 Å². The molecule has 98 valence electrons. The van der Waals surface area contributed by atoms with Crippen molar-refractivity contribution in [3.05, 3.63) is 30.3 Å². The van der Waals surface area contributed by atoms with E-state index in [-0.39, 0.29) is 6.54 Å². The van der Waals surface area contributed by atoms with Gasteiger partial charge in [0.15, 0.2) is 5.60 Å². The number of benzene rings is 1. The van der Waals surface area contributed by atoms with E-state index < -0.39 is 17.6 Å². The van der Waals surface area contributed by atoms with Crippen molar-refractivity contribution in [3.8, 4) is 0 Å². The van der Waals surface area contributed by atoms with E-state index in [4.69, 9.17) is 5.11 Å². The Morgan fingerprint density at radius 2 is 1.89 bits per heavy atom. The summed E-state index contributed by atoms with van der Waals surface area (Å²) in [6, 6.07) is 8.40. The van der Waals surface area contributed by atoms with Crippen LogP contribution >= 0.6 is 0 Å². The standard InChI is InChI=1S/C12H16N2O4/c1-12(18,10(15)16)8-13-11(17)14(2)9-6-4-3-5-7-9/h3-7,18H,8H2,1-2H3,(H,13,17)(H,15,16). The Kier molecular flexibility index (Phi) is 4.28. The fourth-order valence-electron chi connectivity index (χ4n) is 1.21. The van der Waals surface area contributed by atoms with E-state index in [2.05, 4.69) is 5.32 Å². The predicted molar refractivity (Wildman–Crippen MR) is 66.5 cm³/mol. The molecular formula is C12H16N2O4. The van der Waals surface area contributed by atoms with E-state index in [0.29, 0.717) is 5.69 Å². The Morgan fingerprint density at radius 3 is 2.39 bits per heavy atom. The molecule has 0 saturated carbocycles. The summed E-state index contributed by atoms with van der Waals surface area (Å²) >= 11 is 0. The van der Waals surface area contributed by atoms with E-state index in [9.17, 15) is 14.7 Å². The zero-order chi connectivity index (χ0) is 13.8. The number of rotatable bonds is 4. The summed E-state index contributed by atoms with van der Waals surface area (Å²) in [5, 5.41) is 20.5. The molecule has 0 fully saturated rings. The zero-order valence-electron chi connectivity index (χ0n) is 10.3. The molecule has 1 rings (SSSR count). The van der Waals surface area contributed by atoms with Crippen LogP contribution in [0, 0.1) is 0 Å². The van der Waals surface area contributed by atoms with E-state index in [1.807, 2.05) is 6.07 Å². The van der Waals surface area contributed by atoms with Crippen molar-refractivity contribution < 1.29 is 19.8 Å². The van der Waals surface area contributed by atoms with Crippen LogP contribution in [0.5, 0.6) is 0 Å². The number of carbonyl (C=O) groups excluding carboxylic acids is 1. The molecule has 3 N–H and O–H groups in total. The quantitative estimate of drug-likeness (QED) is 0.734. The lowest BCUT2D eigenvalue weighted by Crippen LogP contribution is -2.49. The van der Waals surface area contributed by atoms with Crippen molar-refractivity contribution in [2.24, 2.45) is 0 Å². The van der Waals surface area contributed by atoms with Gasteiger partial charge in [0, 0.05) is 12.7 Å². The topological polar surface area (TPSA) is 89.9 Å². The molecular weight excluding hydrogens is 236 g/mol. The van der Waals surface area contributed by atoms with Crippen LogP contribution in [0.4, 0.5) is 10.5 Å². The van der Waals surface area contributed by atoms with Gasteiger partial charge in [-0.2, -0.15) is 0 Å². The Morgan fingerprint density at radius 1 is 1.33 bits per heavy atom.